The van der Waals surface area contributed by atoms with Gasteiger partial charge in [-0.3, -0.25) is 0 Å². The van der Waals surface area contributed by atoms with Gasteiger partial charge in [0, 0.05) is 14.1 Å². The predicted molar refractivity (Wildman–Crippen MR) is 50.3 cm³/mol. The van der Waals surface area contributed by atoms with E-state index in [2.05, 4.69) is 20.5 Å². The fourth-order valence-electron chi connectivity index (χ4n) is 1.26. The van der Waals surface area contributed by atoms with Crippen LogP contribution in [0.2, 0.25) is 0 Å². The zero-order chi connectivity index (χ0) is 9.42. The highest BCUT2D eigenvalue weighted by molar-refractivity contribution is 5.92. The lowest BCUT2D eigenvalue weighted by Crippen LogP contribution is -2.02. The SMILES string of the molecule is CNc1nnc(N)c2ncn(C)c12. The molecule has 0 aliphatic heterocycles. The molecular formula is C7H10N6. The Morgan fingerprint density at radius 2 is 2.23 bits per heavy atom. The first kappa shape index (κ1) is 7.78. The molecule has 13 heavy (non-hydrogen) atoms. The first-order valence-corrected chi connectivity index (χ1v) is 3.85. The third-order valence-corrected chi connectivity index (χ3v) is 1.90. The van der Waals surface area contributed by atoms with Crippen LogP contribution in [0.1, 0.15) is 0 Å². The molecule has 6 nitrogen and oxygen atoms in total. The summed E-state index contributed by atoms with van der Waals surface area (Å²) in [7, 11) is 3.67. The fraction of sp³-hybridized carbons (Fsp3) is 0.286. The predicted octanol–water partition coefficient (Wildman–Crippen LogP) is -0.0128. The zero-order valence-electron chi connectivity index (χ0n) is 7.44. The second-order valence-corrected chi connectivity index (χ2v) is 2.74. The molecule has 68 valence electrons. The van der Waals surface area contributed by atoms with Gasteiger partial charge in [0.05, 0.1) is 6.33 Å². The number of nitrogen functional groups attached to an aromatic ring is 1. The molecule has 2 heterocycles. The molecule has 0 radical (unpaired) electrons. The Morgan fingerprint density at radius 3 is 2.92 bits per heavy atom. The molecule has 0 fully saturated rings. The number of fused-ring (bicyclic) bond motifs is 1. The number of hydrogen-bond donors (Lipinski definition) is 2. The summed E-state index contributed by atoms with van der Waals surface area (Å²) in [4.78, 5) is 4.12. The van der Waals surface area contributed by atoms with Gasteiger partial charge < -0.3 is 15.6 Å². The first-order valence-electron chi connectivity index (χ1n) is 3.85. The fourth-order valence-corrected chi connectivity index (χ4v) is 1.26. The van der Waals surface area contributed by atoms with Crippen LogP contribution in [0.3, 0.4) is 0 Å². The average Bonchev–Trinajstić information content (AvgIpc) is 2.51. The molecule has 3 N–H and O–H groups in total. The first-order chi connectivity index (χ1) is 6.24. The Labute approximate surface area is 74.8 Å². The molecule has 0 amide bonds. The third-order valence-electron chi connectivity index (χ3n) is 1.90. The Hall–Kier alpha value is -1.85. The largest absolute Gasteiger partial charge is 0.380 e. The second-order valence-electron chi connectivity index (χ2n) is 2.74. The van der Waals surface area contributed by atoms with Gasteiger partial charge in [0.15, 0.2) is 11.6 Å². The summed E-state index contributed by atoms with van der Waals surface area (Å²) in [5.41, 5.74) is 7.17. The van der Waals surface area contributed by atoms with Crippen LogP contribution in [-0.2, 0) is 7.05 Å². The minimum atomic E-state index is 0.356. The van der Waals surface area contributed by atoms with Crippen molar-refractivity contribution in [3.8, 4) is 0 Å². The molecule has 2 aromatic rings. The van der Waals surface area contributed by atoms with E-state index in [-0.39, 0.29) is 0 Å². The monoisotopic (exact) mass is 178 g/mol. The molecule has 0 unspecified atom stereocenters. The van der Waals surface area contributed by atoms with E-state index in [4.69, 9.17) is 5.73 Å². The smallest absolute Gasteiger partial charge is 0.174 e. The molecule has 2 aromatic heterocycles. The molecule has 0 atom stereocenters. The molecule has 0 saturated heterocycles. The van der Waals surface area contributed by atoms with Crippen molar-refractivity contribution in [1.82, 2.24) is 19.7 Å². The highest BCUT2D eigenvalue weighted by atomic mass is 15.2. The molecule has 0 saturated carbocycles. The lowest BCUT2D eigenvalue weighted by atomic mass is 10.4. The minimum Gasteiger partial charge on any atom is -0.380 e. The summed E-state index contributed by atoms with van der Waals surface area (Å²) in [6, 6.07) is 0. The van der Waals surface area contributed by atoms with Crippen LogP contribution in [0.25, 0.3) is 11.0 Å². The van der Waals surface area contributed by atoms with Gasteiger partial charge in [-0.2, -0.15) is 0 Å². The van der Waals surface area contributed by atoms with Crippen LogP contribution in [0.15, 0.2) is 6.33 Å². The summed E-state index contributed by atoms with van der Waals surface area (Å²) >= 11 is 0. The van der Waals surface area contributed by atoms with Crippen molar-refractivity contribution < 1.29 is 0 Å². The van der Waals surface area contributed by atoms with Crippen LogP contribution in [0.4, 0.5) is 11.6 Å². The van der Waals surface area contributed by atoms with Crippen LogP contribution in [0, 0.1) is 0 Å². The number of nitrogens with zero attached hydrogens (tertiary/aromatic N) is 4. The molecule has 2 rings (SSSR count). The van der Waals surface area contributed by atoms with Crippen molar-refractivity contribution in [3.63, 3.8) is 0 Å². The maximum absolute atomic E-state index is 5.62. The summed E-state index contributed by atoms with van der Waals surface area (Å²) in [6.45, 7) is 0. The van der Waals surface area contributed by atoms with Gasteiger partial charge in [-0.05, 0) is 0 Å². The van der Waals surface area contributed by atoms with Gasteiger partial charge in [0.1, 0.15) is 11.0 Å². The molecule has 6 heteroatoms. The van der Waals surface area contributed by atoms with E-state index >= 15 is 0 Å². The Morgan fingerprint density at radius 1 is 1.46 bits per heavy atom. The topological polar surface area (TPSA) is 81.7 Å². The van der Waals surface area contributed by atoms with Gasteiger partial charge in [-0.1, -0.05) is 0 Å². The number of imidazole rings is 1. The van der Waals surface area contributed by atoms with Crippen LogP contribution < -0.4 is 11.1 Å². The number of aromatic nitrogens is 4. The van der Waals surface area contributed by atoms with Crippen LogP contribution in [0.5, 0.6) is 0 Å². The van der Waals surface area contributed by atoms with E-state index < -0.39 is 0 Å². The Kier molecular flexibility index (Phi) is 1.54. The number of anilines is 2. The van der Waals surface area contributed by atoms with Crippen molar-refractivity contribution in [1.29, 1.82) is 0 Å². The van der Waals surface area contributed by atoms with Crippen LogP contribution >= 0.6 is 0 Å². The van der Waals surface area contributed by atoms with E-state index in [1.54, 1.807) is 13.4 Å². The minimum absolute atomic E-state index is 0.356. The van der Waals surface area contributed by atoms with Crippen molar-refractivity contribution in [2.75, 3.05) is 18.1 Å². The molecular weight excluding hydrogens is 168 g/mol. The van der Waals surface area contributed by atoms with E-state index in [1.807, 2.05) is 11.6 Å². The maximum Gasteiger partial charge on any atom is 0.174 e. The number of nitrogens with one attached hydrogen (secondary N) is 1. The van der Waals surface area contributed by atoms with Gasteiger partial charge in [0.25, 0.3) is 0 Å². The molecule has 0 bridgehead atoms. The van der Waals surface area contributed by atoms with Crippen molar-refractivity contribution in [2.45, 2.75) is 0 Å². The number of nitrogens with two attached hydrogens (primary N) is 1. The molecule has 0 aliphatic rings. The third kappa shape index (κ3) is 0.986. The summed E-state index contributed by atoms with van der Waals surface area (Å²) < 4.78 is 1.85. The summed E-state index contributed by atoms with van der Waals surface area (Å²) in [5, 5.41) is 10.6. The number of aryl methyl sites for hydroxylation is 1. The van der Waals surface area contributed by atoms with Gasteiger partial charge in [-0.25, -0.2) is 4.98 Å². The van der Waals surface area contributed by atoms with Crippen molar-refractivity contribution in [2.24, 2.45) is 7.05 Å². The van der Waals surface area contributed by atoms with Gasteiger partial charge in [-0.15, -0.1) is 10.2 Å². The van der Waals surface area contributed by atoms with Crippen molar-refractivity contribution >= 4 is 22.7 Å². The van der Waals surface area contributed by atoms with Crippen molar-refractivity contribution in [3.05, 3.63) is 6.33 Å². The molecule has 0 aromatic carbocycles. The zero-order valence-corrected chi connectivity index (χ0v) is 7.44. The number of rotatable bonds is 1. The van der Waals surface area contributed by atoms with Gasteiger partial charge >= 0.3 is 0 Å². The average molecular weight is 178 g/mol. The van der Waals surface area contributed by atoms with E-state index in [1.165, 1.54) is 0 Å². The maximum atomic E-state index is 5.62. The summed E-state index contributed by atoms with van der Waals surface area (Å²) in [5.74, 6) is 1.04. The molecule has 0 aliphatic carbocycles. The highest BCUT2D eigenvalue weighted by Gasteiger charge is 2.10. The van der Waals surface area contributed by atoms with E-state index in [0.29, 0.717) is 17.2 Å². The van der Waals surface area contributed by atoms with E-state index in [0.717, 1.165) is 5.52 Å². The lowest BCUT2D eigenvalue weighted by Gasteiger charge is -2.02. The standard InChI is InChI=1S/C7H10N6/c1-9-7-5-4(6(8)11-12-7)10-3-13(5)2/h3H,1-2H3,(H2,8,11)(H,9,12). The number of hydrogen-bond acceptors (Lipinski definition) is 5. The summed E-state index contributed by atoms with van der Waals surface area (Å²) in [6.07, 6.45) is 1.69. The van der Waals surface area contributed by atoms with Crippen LogP contribution in [-0.4, -0.2) is 26.8 Å². The normalized spacial score (nSPS) is 10.6. The lowest BCUT2D eigenvalue weighted by molar-refractivity contribution is 0.940. The molecule has 0 spiro atoms. The van der Waals surface area contributed by atoms with Gasteiger partial charge in [0.2, 0.25) is 0 Å². The Bertz CT molecular complexity index is 445. The van der Waals surface area contributed by atoms with E-state index in [9.17, 15) is 0 Å². The highest BCUT2D eigenvalue weighted by Crippen LogP contribution is 2.21. The second kappa shape index (κ2) is 2.58. The Balaban J connectivity index is 2.88. The quantitative estimate of drug-likeness (QED) is 0.641.